The topological polar surface area (TPSA) is 29.1 Å². The SMILES string of the molecule is CCCC1(C(=O)c2ccc(Cl)c(Cl)c2)CCC(C)(C)N1. The van der Waals surface area contributed by atoms with Gasteiger partial charge in [0.25, 0.3) is 0 Å². The maximum absolute atomic E-state index is 12.9. The van der Waals surface area contributed by atoms with Crippen LogP contribution in [0.15, 0.2) is 18.2 Å². The first-order chi connectivity index (χ1) is 9.30. The van der Waals surface area contributed by atoms with Crippen LogP contribution in [0.3, 0.4) is 0 Å². The molecular formula is C16H21Cl2NO. The van der Waals surface area contributed by atoms with Crippen molar-refractivity contribution in [3.8, 4) is 0 Å². The molecule has 1 aromatic rings. The molecular weight excluding hydrogens is 293 g/mol. The predicted molar refractivity (Wildman–Crippen MR) is 84.9 cm³/mol. The third-order valence-corrected chi connectivity index (χ3v) is 4.79. The smallest absolute Gasteiger partial charge is 0.182 e. The molecule has 4 heteroatoms. The molecule has 1 saturated heterocycles. The molecule has 1 aliphatic rings. The number of nitrogens with one attached hydrogen (secondary N) is 1. The standard InChI is InChI=1S/C16H21Cl2NO/c1-4-7-16(9-8-15(2,3)19-16)14(20)11-5-6-12(17)13(18)10-11/h5-6,10,19H,4,7-9H2,1-3H3. The van der Waals surface area contributed by atoms with E-state index in [0.717, 1.165) is 25.7 Å². The van der Waals surface area contributed by atoms with Gasteiger partial charge in [-0.15, -0.1) is 0 Å². The molecule has 110 valence electrons. The van der Waals surface area contributed by atoms with Crippen molar-refractivity contribution >= 4 is 29.0 Å². The fourth-order valence-corrected chi connectivity index (χ4v) is 3.41. The molecule has 0 spiro atoms. The Morgan fingerprint density at radius 1 is 1.25 bits per heavy atom. The lowest BCUT2D eigenvalue weighted by Gasteiger charge is -2.31. The fourth-order valence-electron chi connectivity index (χ4n) is 3.11. The Hall–Kier alpha value is -0.570. The molecule has 20 heavy (non-hydrogen) atoms. The number of hydrogen-bond acceptors (Lipinski definition) is 2. The van der Waals surface area contributed by atoms with Gasteiger partial charge in [0.15, 0.2) is 5.78 Å². The second-order valence-electron chi connectivity index (χ2n) is 6.30. The van der Waals surface area contributed by atoms with Crippen molar-refractivity contribution in [2.24, 2.45) is 0 Å². The molecule has 1 unspecified atom stereocenters. The van der Waals surface area contributed by atoms with Gasteiger partial charge >= 0.3 is 0 Å². The summed E-state index contributed by atoms with van der Waals surface area (Å²) in [6, 6.07) is 5.13. The lowest BCUT2D eigenvalue weighted by Crippen LogP contribution is -2.52. The molecule has 1 N–H and O–H groups in total. The average Bonchev–Trinajstić information content (AvgIpc) is 2.69. The van der Waals surface area contributed by atoms with Crippen molar-refractivity contribution < 1.29 is 4.79 Å². The van der Waals surface area contributed by atoms with Crippen LogP contribution in [0.25, 0.3) is 0 Å². The van der Waals surface area contributed by atoms with Gasteiger partial charge in [-0.25, -0.2) is 0 Å². The number of hydrogen-bond donors (Lipinski definition) is 1. The van der Waals surface area contributed by atoms with Gasteiger partial charge < -0.3 is 0 Å². The van der Waals surface area contributed by atoms with Crippen molar-refractivity contribution in [2.75, 3.05) is 0 Å². The Kier molecular flexibility index (Phi) is 4.48. The number of ketones is 1. The average molecular weight is 314 g/mol. The molecule has 1 heterocycles. The molecule has 2 rings (SSSR count). The second kappa shape index (κ2) is 5.67. The number of carbonyl (C=O) groups excluding carboxylic acids is 1. The summed E-state index contributed by atoms with van der Waals surface area (Å²) >= 11 is 12.0. The minimum absolute atomic E-state index is 0.00104. The summed E-state index contributed by atoms with van der Waals surface area (Å²) in [6.45, 7) is 6.40. The summed E-state index contributed by atoms with van der Waals surface area (Å²) in [4.78, 5) is 12.9. The number of halogens is 2. The minimum Gasteiger partial charge on any atom is -0.300 e. The van der Waals surface area contributed by atoms with Gasteiger partial charge in [-0.1, -0.05) is 36.5 Å². The third kappa shape index (κ3) is 3.03. The van der Waals surface area contributed by atoms with E-state index in [1.54, 1.807) is 18.2 Å². The van der Waals surface area contributed by atoms with Crippen LogP contribution in [-0.2, 0) is 0 Å². The van der Waals surface area contributed by atoms with Gasteiger partial charge in [-0.3, -0.25) is 10.1 Å². The van der Waals surface area contributed by atoms with E-state index in [9.17, 15) is 4.79 Å². The van der Waals surface area contributed by atoms with Gasteiger partial charge in [-0.2, -0.15) is 0 Å². The van der Waals surface area contributed by atoms with Gasteiger partial charge in [-0.05, 0) is 51.3 Å². The summed E-state index contributed by atoms with van der Waals surface area (Å²) in [7, 11) is 0. The van der Waals surface area contributed by atoms with Gasteiger partial charge in [0, 0.05) is 11.1 Å². The zero-order chi connectivity index (χ0) is 15.0. The van der Waals surface area contributed by atoms with E-state index in [4.69, 9.17) is 23.2 Å². The summed E-state index contributed by atoms with van der Waals surface area (Å²) in [5, 5.41) is 4.46. The van der Waals surface area contributed by atoms with Gasteiger partial charge in [0.05, 0.1) is 15.6 Å². The molecule has 0 amide bonds. The summed E-state index contributed by atoms with van der Waals surface area (Å²) in [5.74, 6) is 0.128. The minimum atomic E-state index is -0.463. The highest BCUT2D eigenvalue weighted by molar-refractivity contribution is 6.42. The number of benzene rings is 1. The van der Waals surface area contributed by atoms with Crippen LogP contribution < -0.4 is 5.32 Å². The van der Waals surface area contributed by atoms with Crippen molar-refractivity contribution in [3.05, 3.63) is 33.8 Å². The van der Waals surface area contributed by atoms with Gasteiger partial charge in [0.1, 0.15) is 0 Å². The van der Waals surface area contributed by atoms with Crippen LogP contribution in [-0.4, -0.2) is 16.9 Å². The Balaban J connectivity index is 2.35. The molecule has 1 aromatic carbocycles. The van der Waals surface area contributed by atoms with E-state index in [1.807, 2.05) is 0 Å². The predicted octanol–water partition coefficient (Wildman–Crippen LogP) is 4.88. The molecule has 0 radical (unpaired) electrons. The van der Waals surface area contributed by atoms with Crippen molar-refractivity contribution in [2.45, 2.75) is 57.5 Å². The Morgan fingerprint density at radius 2 is 1.95 bits per heavy atom. The third-order valence-electron chi connectivity index (χ3n) is 4.05. The lowest BCUT2D eigenvalue weighted by molar-refractivity contribution is 0.0844. The Bertz CT molecular complexity index is 527. The monoisotopic (exact) mass is 313 g/mol. The second-order valence-corrected chi connectivity index (χ2v) is 7.11. The molecule has 0 aliphatic carbocycles. The van der Waals surface area contributed by atoms with Crippen LogP contribution in [0.4, 0.5) is 0 Å². The molecule has 2 nitrogen and oxygen atoms in total. The normalized spacial score (nSPS) is 24.9. The molecule has 0 bridgehead atoms. The summed E-state index contributed by atoms with van der Waals surface area (Å²) in [6.07, 6.45) is 3.68. The highest BCUT2D eigenvalue weighted by Gasteiger charge is 2.47. The van der Waals surface area contributed by atoms with E-state index in [-0.39, 0.29) is 11.3 Å². The Morgan fingerprint density at radius 3 is 2.45 bits per heavy atom. The quantitative estimate of drug-likeness (QED) is 0.803. The Labute approximate surface area is 130 Å². The number of rotatable bonds is 4. The first-order valence-electron chi connectivity index (χ1n) is 7.09. The first kappa shape index (κ1) is 15.8. The highest BCUT2D eigenvalue weighted by atomic mass is 35.5. The lowest BCUT2D eigenvalue weighted by atomic mass is 9.84. The van der Waals surface area contributed by atoms with Crippen molar-refractivity contribution in [3.63, 3.8) is 0 Å². The zero-order valence-corrected chi connectivity index (χ0v) is 13.7. The van der Waals surface area contributed by atoms with E-state index >= 15 is 0 Å². The van der Waals surface area contributed by atoms with Gasteiger partial charge in [0.2, 0.25) is 0 Å². The summed E-state index contributed by atoms with van der Waals surface area (Å²) in [5.41, 5.74) is 0.175. The van der Waals surface area contributed by atoms with Crippen LogP contribution in [0.1, 0.15) is 56.8 Å². The van der Waals surface area contributed by atoms with Crippen LogP contribution in [0.2, 0.25) is 10.0 Å². The van der Waals surface area contributed by atoms with Crippen LogP contribution >= 0.6 is 23.2 Å². The fraction of sp³-hybridized carbons (Fsp3) is 0.562. The number of Topliss-reactive ketones (excluding diaryl/α,β-unsaturated/α-hetero) is 1. The molecule has 0 saturated carbocycles. The maximum atomic E-state index is 12.9. The first-order valence-corrected chi connectivity index (χ1v) is 7.84. The molecule has 1 atom stereocenters. The highest BCUT2D eigenvalue weighted by Crippen LogP contribution is 2.37. The zero-order valence-electron chi connectivity index (χ0n) is 12.2. The molecule has 0 aromatic heterocycles. The van der Waals surface area contributed by atoms with E-state index in [0.29, 0.717) is 15.6 Å². The van der Waals surface area contributed by atoms with Crippen molar-refractivity contribution in [1.82, 2.24) is 5.32 Å². The number of carbonyl (C=O) groups is 1. The molecule has 1 aliphatic heterocycles. The van der Waals surface area contributed by atoms with E-state index in [1.165, 1.54) is 0 Å². The van der Waals surface area contributed by atoms with E-state index < -0.39 is 5.54 Å². The molecule has 1 fully saturated rings. The maximum Gasteiger partial charge on any atom is 0.182 e. The van der Waals surface area contributed by atoms with E-state index in [2.05, 4.69) is 26.1 Å². The van der Waals surface area contributed by atoms with Crippen LogP contribution in [0.5, 0.6) is 0 Å². The van der Waals surface area contributed by atoms with Crippen molar-refractivity contribution in [1.29, 1.82) is 0 Å². The van der Waals surface area contributed by atoms with Crippen LogP contribution in [0, 0.1) is 0 Å². The largest absolute Gasteiger partial charge is 0.300 e. The summed E-state index contributed by atoms with van der Waals surface area (Å²) < 4.78 is 0.